The summed E-state index contributed by atoms with van der Waals surface area (Å²) in [7, 11) is 0. The Balaban J connectivity index is 1.45. The van der Waals surface area contributed by atoms with Gasteiger partial charge in [-0.1, -0.05) is 67.6 Å². The molecule has 0 amide bonds. The van der Waals surface area contributed by atoms with Gasteiger partial charge in [0.25, 0.3) is 0 Å². The minimum atomic E-state index is -0.210. The zero-order valence-electron chi connectivity index (χ0n) is 18.3. The van der Waals surface area contributed by atoms with Crippen molar-refractivity contribution in [3.63, 3.8) is 0 Å². The molecule has 0 N–H and O–H groups in total. The van der Waals surface area contributed by atoms with Crippen LogP contribution in [0.1, 0.15) is 24.5 Å². The first kappa shape index (κ1) is 21.4. The van der Waals surface area contributed by atoms with Gasteiger partial charge in [-0.25, -0.2) is 0 Å². The minimum absolute atomic E-state index is 0.210. The van der Waals surface area contributed by atoms with E-state index < -0.39 is 0 Å². The molecule has 0 aromatic heterocycles. The molecule has 0 saturated heterocycles. The Morgan fingerprint density at radius 1 is 0.625 bits per heavy atom. The second-order valence-corrected chi connectivity index (χ2v) is 7.64. The highest BCUT2D eigenvalue weighted by molar-refractivity contribution is 5.76. The Morgan fingerprint density at radius 2 is 1.06 bits per heavy atom. The van der Waals surface area contributed by atoms with E-state index in [2.05, 4.69) is 77.7 Å². The number of carbonyl (C=O) groups excluding carboxylic acids is 1. The van der Waals surface area contributed by atoms with Gasteiger partial charge < -0.3 is 9.64 Å². The van der Waals surface area contributed by atoms with Crippen molar-refractivity contribution in [2.75, 3.05) is 4.90 Å². The van der Waals surface area contributed by atoms with Gasteiger partial charge in [0.1, 0.15) is 5.75 Å². The number of benzene rings is 4. The van der Waals surface area contributed by atoms with Crippen molar-refractivity contribution >= 4 is 23.0 Å². The molecule has 4 aromatic rings. The number of aryl methyl sites for hydroxylation is 2. The van der Waals surface area contributed by atoms with Crippen molar-refractivity contribution in [2.45, 2.75) is 26.2 Å². The number of para-hydroxylation sites is 2. The van der Waals surface area contributed by atoms with Crippen LogP contribution in [0.25, 0.3) is 0 Å². The summed E-state index contributed by atoms with van der Waals surface area (Å²) in [5.41, 5.74) is 5.91. The Labute approximate surface area is 189 Å². The Hall–Kier alpha value is -3.85. The van der Waals surface area contributed by atoms with E-state index in [1.807, 2.05) is 36.4 Å². The van der Waals surface area contributed by atoms with E-state index in [-0.39, 0.29) is 5.97 Å². The SMILES string of the molecule is CCC(=O)Oc1ccc(CCc2ccc(N(c3ccccc3)c3ccccc3)cc2)cc1. The molecule has 0 aliphatic heterocycles. The summed E-state index contributed by atoms with van der Waals surface area (Å²) >= 11 is 0. The summed E-state index contributed by atoms with van der Waals surface area (Å²) in [5, 5.41) is 0. The summed E-state index contributed by atoms with van der Waals surface area (Å²) in [6, 6.07) is 37.4. The molecule has 4 rings (SSSR count). The third kappa shape index (κ3) is 5.44. The highest BCUT2D eigenvalue weighted by Gasteiger charge is 2.11. The maximum atomic E-state index is 11.4. The summed E-state index contributed by atoms with van der Waals surface area (Å²) < 4.78 is 5.25. The van der Waals surface area contributed by atoms with Crippen molar-refractivity contribution in [3.05, 3.63) is 120 Å². The van der Waals surface area contributed by atoms with Crippen molar-refractivity contribution in [2.24, 2.45) is 0 Å². The molecular formula is C29H27NO2. The van der Waals surface area contributed by atoms with Crippen LogP contribution in [0.3, 0.4) is 0 Å². The number of hydrogen-bond donors (Lipinski definition) is 0. The molecule has 0 aliphatic carbocycles. The molecule has 0 aliphatic rings. The maximum absolute atomic E-state index is 11.4. The van der Waals surface area contributed by atoms with Crippen LogP contribution in [0.2, 0.25) is 0 Å². The summed E-state index contributed by atoms with van der Waals surface area (Å²) in [5.74, 6) is 0.393. The van der Waals surface area contributed by atoms with Gasteiger partial charge in [-0.15, -0.1) is 0 Å². The third-order valence-electron chi connectivity index (χ3n) is 5.37. The molecule has 3 heteroatoms. The quantitative estimate of drug-likeness (QED) is 0.221. The third-order valence-corrected chi connectivity index (χ3v) is 5.37. The van der Waals surface area contributed by atoms with Crippen LogP contribution in [0.15, 0.2) is 109 Å². The average Bonchev–Trinajstić information content (AvgIpc) is 2.86. The van der Waals surface area contributed by atoms with E-state index in [0.29, 0.717) is 12.2 Å². The van der Waals surface area contributed by atoms with Gasteiger partial charge >= 0.3 is 5.97 Å². The van der Waals surface area contributed by atoms with Crippen LogP contribution in [0.5, 0.6) is 5.75 Å². The maximum Gasteiger partial charge on any atom is 0.310 e. The molecule has 0 fully saturated rings. The molecule has 0 spiro atoms. The molecule has 0 unspecified atom stereocenters. The van der Waals surface area contributed by atoms with Gasteiger partial charge in [0.2, 0.25) is 0 Å². The smallest absolute Gasteiger partial charge is 0.310 e. The second kappa shape index (κ2) is 10.5. The van der Waals surface area contributed by atoms with Gasteiger partial charge in [0.05, 0.1) is 0 Å². The van der Waals surface area contributed by atoms with E-state index in [9.17, 15) is 4.79 Å². The first-order valence-corrected chi connectivity index (χ1v) is 11.0. The predicted octanol–water partition coefficient (Wildman–Crippen LogP) is 7.26. The van der Waals surface area contributed by atoms with Crippen molar-refractivity contribution < 1.29 is 9.53 Å². The number of hydrogen-bond acceptors (Lipinski definition) is 3. The zero-order chi connectivity index (χ0) is 22.2. The Bertz CT molecular complexity index is 1080. The molecular weight excluding hydrogens is 394 g/mol. The van der Waals surface area contributed by atoms with Crippen LogP contribution < -0.4 is 9.64 Å². The van der Waals surface area contributed by atoms with Crippen LogP contribution in [0.4, 0.5) is 17.1 Å². The lowest BCUT2D eigenvalue weighted by molar-refractivity contribution is -0.134. The van der Waals surface area contributed by atoms with E-state index in [1.165, 1.54) is 11.1 Å². The lowest BCUT2D eigenvalue weighted by Crippen LogP contribution is -2.09. The summed E-state index contributed by atoms with van der Waals surface area (Å²) in [6.45, 7) is 1.79. The van der Waals surface area contributed by atoms with Crippen molar-refractivity contribution in [1.29, 1.82) is 0 Å². The van der Waals surface area contributed by atoms with Crippen LogP contribution in [-0.4, -0.2) is 5.97 Å². The number of rotatable bonds is 8. The standard InChI is InChI=1S/C29H27NO2/c1-2-29(31)32-28-21-17-24(18-22-28)14-13-23-15-19-27(20-16-23)30(25-9-5-3-6-10-25)26-11-7-4-8-12-26/h3-12,15-22H,2,13-14H2,1H3. The number of esters is 1. The zero-order valence-corrected chi connectivity index (χ0v) is 18.3. The van der Waals surface area contributed by atoms with E-state index in [1.54, 1.807) is 6.92 Å². The molecule has 0 bridgehead atoms. The topological polar surface area (TPSA) is 29.5 Å². The van der Waals surface area contributed by atoms with Crippen molar-refractivity contribution in [3.8, 4) is 5.75 Å². The number of anilines is 3. The van der Waals surface area contributed by atoms with Crippen LogP contribution >= 0.6 is 0 Å². The highest BCUT2D eigenvalue weighted by atomic mass is 16.5. The molecule has 160 valence electrons. The summed E-state index contributed by atoms with van der Waals surface area (Å²) in [6.07, 6.45) is 2.26. The lowest BCUT2D eigenvalue weighted by atomic mass is 10.0. The fourth-order valence-corrected chi connectivity index (χ4v) is 3.63. The first-order chi connectivity index (χ1) is 15.7. The minimum Gasteiger partial charge on any atom is -0.427 e. The Kier molecular flexibility index (Phi) is 6.98. The average molecular weight is 422 g/mol. The number of nitrogens with zero attached hydrogens (tertiary/aromatic N) is 1. The molecule has 32 heavy (non-hydrogen) atoms. The Morgan fingerprint density at radius 3 is 1.53 bits per heavy atom. The van der Waals surface area contributed by atoms with Gasteiger partial charge in [-0.05, 0) is 72.5 Å². The molecule has 0 radical (unpaired) electrons. The number of carbonyl (C=O) groups is 1. The highest BCUT2D eigenvalue weighted by Crippen LogP contribution is 2.34. The molecule has 4 aromatic carbocycles. The largest absolute Gasteiger partial charge is 0.427 e. The lowest BCUT2D eigenvalue weighted by Gasteiger charge is -2.25. The van der Waals surface area contributed by atoms with E-state index in [4.69, 9.17) is 4.74 Å². The van der Waals surface area contributed by atoms with Gasteiger partial charge in [-0.3, -0.25) is 4.79 Å². The molecule has 0 saturated carbocycles. The van der Waals surface area contributed by atoms with Crippen LogP contribution in [0, 0.1) is 0 Å². The van der Waals surface area contributed by atoms with Gasteiger partial charge in [-0.2, -0.15) is 0 Å². The normalized spacial score (nSPS) is 10.5. The fourth-order valence-electron chi connectivity index (χ4n) is 3.63. The predicted molar refractivity (Wildman–Crippen MR) is 131 cm³/mol. The second-order valence-electron chi connectivity index (χ2n) is 7.64. The van der Waals surface area contributed by atoms with Gasteiger partial charge in [0, 0.05) is 23.5 Å². The van der Waals surface area contributed by atoms with Gasteiger partial charge in [0.15, 0.2) is 0 Å². The monoisotopic (exact) mass is 421 g/mol. The molecule has 3 nitrogen and oxygen atoms in total. The fraction of sp³-hybridized carbons (Fsp3) is 0.138. The first-order valence-electron chi connectivity index (χ1n) is 11.0. The van der Waals surface area contributed by atoms with E-state index in [0.717, 1.165) is 29.9 Å². The van der Waals surface area contributed by atoms with E-state index >= 15 is 0 Å². The van der Waals surface area contributed by atoms with Crippen LogP contribution in [-0.2, 0) is 17.6 Å². The molecule has 0 atom stereocenters. The van der Waals surface area contributed by atoms with Crippen molar-refractivity contribution in [1.82, 2.24) is 0 Å². The molecule has 0 heterocycles. The number of ether oxygens (including phenoxy) is 1. The summed E-state index contributed by atoms with van der Waals surface area (Å²) in [4.78, 5) is 13.7.